The molecule has 5 N–H and O–H groups in total. The lowest BCUT2D eigenvalue weighted by Crippen LogP contribution is -2.50. The first-order valence-electron chi connectivity index (χ1n) is 13.3. The van der Waals surface area contributed by atoms with E-state index >= 15 is 0 Å². The smallest absolute Gasteiger partial charge is 0.241 e. The quantitative estimate of drug-likeness (QED) is 0.219. The van der Waals surface area contributed by atoms with Crippen molar-refractivity contribution < 1.29 is 13.2 Å². The third-order valence-corrected chi connectivity index (χ3v) is 8.83. The Labute approximate surface area is 221 Å². The molecule has 1 aliphatic rings. The number of fused-ring (bicyclic) bond motifs is 1. The van der Waals surface area contributed by atoms with Gasteiger partial charge in [0.05, 0.1) is 4.90 Å². The maximum Gasteiger partial charge on any atom is 0.241 e. The molecule has 1 saturated heterocycles. The van der Waals surface area contributed by atoms with Crippen LogP contribution in [0.15, 0.2) is 46.3 Å². The minimum absolute atomic E-state index is 0.0233. The number of sulfonamides is 1. The number of benzene rings is 2. The zero-order chi connectivity index (χ0) is 27.0. The highest BCUT2D eigenvalue weighted by Crippen LogP contribution is 2.31. The summed E-state index contributed by atoms with van der Waals surface area (Å²) >= 11 is 0. The monoisotopic (exact) mass is 530 g/mol. The number of hydrogen-bond acceptors (Lipinski definition) is 5. The molecule has 0 aromatic heterocycles. The summed E-state index contributed by atoms with van der Waals surface area (Å²) in [6.45, 7) is 9.55. The van der Waals surface area contributed by atoms with Crippen molar-refractivity contribution >= 4 is 38.3 Å². The lowest BCUT2D eigenvalue weighted by Gasteiger charge is -2.34. The summed E-state index contributed by atoms with van der Waals surface area (Å²) in [6.07, 6.45) is 3.75. The van der Waals surface area contributed by atoms with Crippen LogP contribution in [0.2, 0.25) is 0 Å². The number of piperidine rings is 1. The molecule has 3 rings (SSSR count). The Hall–Kier alpha value is -2.85. The van der Waals surface area contributed by atoms with Gasteiger partial charge in [-0.05, 0) is 57.6 Å². The predicted octanol–water partition coefficient (Wildman–Crippen LogP) is 3.04. The standard InChI is InChI=1S/C27H42N6O3S/c1-4-20-15-18-33(19-16-20)26(34)23(12-9-17-30-27(28)29)31-37(35,36)25-14-8-10-21-22(25)11-7-13-24(21)32(5-2)6-3/h7-8,10-11,13-14,20,23,31H,4-6,9,12,15-19H2,1-3H3,(H4,28,29,30)/t23-/m0/s1. The number of likely N-dealkylation sites (tertiary alicyclic amines) is 1. The van der Waals surface area contributed by atoms with Crippen molar-refractivity contribution in [1.29, 1.82) is 0 Å². The van der Waals surface area contributed by atoms with Crippen molar-refractivity contribution in [2.45, 2.75) is 63.8 Å². The molecule has 204 valence electrons. The van der Waals surface area contributed by atoms with E-state index in [9.17, 15) is 13.2 Å². The summed E-state index contributed by atoms with van der Waals surface area (Å²) in [4.78, 5) is 21.7. The van der Waals surface area contributed by atoms with Gasteiger partial charge in [0, 0.05) is 49.2 Å². The topological polar surface area (TPSA) is 134 Å². The van der Waals surface area contributed by atoms with E-state index in [0.29, 0.717) is 43.8 Å². The van der Waals surface area contributed by atoms with Crippen LogP contribution in [0.4, 0.5) is 5.69 Å². The van der Waals surface area contributed by atoms with Crippen LogP contribution in [0.25, 0.3) is 10.8 Å². The van der Waals surface area contributed by atoms with E-state index in [1.807, 2.05) is 24.3 Å². The van der Waals surface area contributed by atoms with Gasteiger partial charge in [-0.2, -0.15) is 4.72 Å². The summed E-state index contributed by atoms with van der Waals surface area (Å²) in [7, 11) is -4.00. The lowest BCUT2D eigenvalue weighted by molar-refractivity contribution is -0.134. The first-order valence-corrected chi connectivity index (χ1v) is 14.8. The second-order valence-electron chi connectivity index (χ2n) is 9.60. The summed E-state index contributed by atoms with van der Waals surface area (Å²) in [5.41, 5.74) is 11.9. The molecule has 0 saturated carbocycles. The molecule has 1 fully saturated rings. The molecule has 0 spiro atoms. The number of hydrogen-bond donors (Lipinski definition) is 3. The van der Waals surface area contributed by atoms with E-state index in [4.69, 9.17) is 11.5 Å². The maximum atomic E-state index is 13.7. The first-order chi connectivity index (χ1) is 17.7. The molecule has 0 radical (unpaired) electrons. The molecule has 0 aliphatic carbocycles. The largest absolute Gasteiger partial charge is 0.372 e. The molecule has 10 heteroatoms. The number of aliphatic imine (C=N–C) groups is 1. The van der Waals surface area contributed by atoms with E-state index < -0.39 is 16.1 Å². The summed E-state index contributed by atoms with van der Waals surface area (Å²) < 4.78 is 30.2. The fourth-order valence-electron chi connectivity index (χ4n) is 5.11. The van der Waals surface area contributed by atoms with Gasteiger partial charge in [-0.3, -0.25) is 9.79 Å². The third kappa shape index (κ3) is 7.13. The van der Waals surface area contributed by atoms with Gasteiger partial charge in [-0.1, -0.05) is 37.6 Å². The fourth-order valence-corrected chi connectivity index (χ4v) is 6.55. The van der Waals surface area contributed by atoms with Crippen molar-refractivity contribution in [2.24, 2.45) is 22.4 Å². The number of nitrogens with zero attached hydrogens (tertiary/aromatic N) is 3. The average molecular weight is 531 g/mol. The third-order valence-electron chi connectivity index (χ3n) is 7.30. The highest BCUT2D eigenvalue weighted by Gasteiger charge is 2.31. The van der Waals surface area contributed by atoms with E-state index in [0.717, 1.165) is 43.4 Å². The molecule has 9 nitrogen and oxygen atoms in total. The molecule has 1 amide bonds. The molecule has 0 bridgehead atoms. The lowest BCUT2D eigenvalue weighted by atomic mass is 9.94. The number of amides is 1. The van der Waals surface area contributed by atoms with Gasteiger partial charge in [-0.25, -0.2) is 8.42 Å². The Kier molecular flexibility index (Phi) is 10.2. The van der Waals surface area contributed by atoms with Gasteiger partial charge in [0.1, 0.15) is 6.04 Å². The van der Waals surface area contributed by atoms with Crippen LogP contribution in [0.3, 0.4) is 0 Å². The minimum atomic E-state index is -4.00. The minimum Gasteiger partial charge on any atom is -0.372 e. The van der Waals surface area contributed by atoms with Crippen molar-refractivity contribution in [3.8, 4) is 0 Å². The molecule has 1 atom stereocenters. The normalized spacial score (nSPS) is 15.5. The van der Waals surface area contributed by atoms with Crippen LogP contribution in [0, 0.1) is 5.92 Å². The number of rotatable bonds is 12. The van der Waals surface area contributed by atoms with E-state index in [1.54, 1.807) is 17.0 Å². The van der Waals surface area contributed by atoms with Crippen molar-refractivity contribution in [3.05, 3.63) is 36.4 Å². The summed E-state index contributed by atoms with van der Waals surface area (Å²) in [5.74, 6) is 0.397. The van der Waals surface area contributed by atoms with Gasteiger partial charge >= 0.3 is 0 Å². The average Bonchev–Trinajstić information content (AvgIpc) is 2.90. The summed E-state index contributed by atoms with van der Waals surface area (Å²) in [6, 6.07) is 10.1. The maximum absolute atomic E-state index is 13.7. The van der Waals surface area contributed by atoms with Crippen molar-refractivity contribution in [2.75, 3.05) is 37.6 Å². The first kappa shape index (κ1) is 28.7. The number of carbonyl (C=O) groups is 1. The van der Waals surface area contributed by atoms with Gasteiger partial charge in [0.2, 0.25) is 15.9 Å². The summed E-state index contributed by atoms with van der Waals surface area (Å²) in [5, 5.41) is 1.50. The van der Waals surface area contributed by atoms with Gasteiger partial charge < -0.3 is 21.3 Å². The highest BCUT2D eigenvalue weighted by atomic mass is 32.2. The number of guanidine groups is 1. The van der Waals surface area contributed by atoms with Crippen molar-refractivity contribution in [3.63, 3.8) is 0 Å². The second kappa shape index (κ2) is 13.1. The van der Waals surface area contributed by atoms with Crippen LogP contribution < -0.4 is 21.1 Å². The highest BCUT2D eigenvalue weighted by molar-refractivity contribution is 7.89. The van der Waals surface area contributed by atoms with Gasteiger partial charge in [0.15, 0.2) is 5.96 Å². The molecule has 2 aromatic carbocycles. The number of carbonyl (C=O) groups excluding carboxylic acids is 1. The predicted molar refractivity (Wildman–Crippen MR) is 151 cm³/mol. The molecule has 0 unspecified atom stereocenters. The molecule has 1 heterocycles. The molecular formula is C27H42N6O3S. The van der Waals surface area contributed by atoms with E-state index in [-0.39, 0.29) is 16.8 Å². The van der Waals surface area contributed by atoms with Crippen molar-refractivity contribution in [1.82, 2.24) is 9.62 Å². The zero-order valence-corrected chi connectivity index (χ0v) is 23.1. The SMILES string of the molecule is CCC1CCN(C(=O)[C@H](CCCN=C(N)N)NS(=O)(=O)c2cccc3c(N(CC)CC)cccc23)CC1. The molecule has 1 aliphatic heterocycles. The molecule has 37 heavy (non-hydrogen) atoms. The Morgan fingerprint density at radius 3 is 2.35 bits per heavy atom. The second-order valence-corrected chi connectivity index (χ2v) is 11.3. The number of nitrogens with two attached hydrogens (primary N) is 2. The van der Waals surface area contributed by atoms with E-state index in [2.05, 4.69) is 35.4 Å². The van der Waals surface area contributed by atoms with Crippen LogP contribution >= 0.6 is 0 Å². The van der Waals surface area contributed by atoms with Crippen LogP contribution in [0.1, 0.15) is 52.9 Å². The molecular weight excluding hydrogens is 488 g/mol. The number of anilines is 1. The Morgan fingerprint density at radius 2 is 1.73 bits per heavy atom. The van der Waals surface area contributed by atoms with Gasteiger partial charge in [0.25, 0.3) is 0 Å². The van der Waals surface area contributed by atoms with E-state index in [1.165, 1.54) is 0 Å². The van der Waals surface area contributed by atoms with Crippen LogP contribution in [0.5, 0.6) is 0 Å². The zero-order valence-electron chi connectivity index (χ0n) is 22.3. The fraction of sp³-hybridized carbons (Fsp3) is 0.556. The Bertz CT molecular complexity index is 1180. The Balaban J connectivity index is 1.91. The van der Waals surface area contributed by atoms with Crippen LogP contribution in [-0.2, 0) is 14.8 Å². The van der Waals surface area contributed by atoms with Crippen LogP contribution in [-0.4, -0.2) is 64.0 Å². The molecule has 2 aromatic rings. The number of nitrogens with one attached hydrogen (secondary N) is 1. The van der Waals surface area contributed by atoms with Gasteiger partial charge in [-0.15, -0.1) is 0 Å². The Morgan fingerprint density at radius 1 is 1.08 bits per heavy atom.